The molecule has 5 rings (SSSR count). The van der Waals surface area contributed by atoms with Gasteiger partial charge in [0.05, 0.1) is 7.11 Å². The molecule has 0 radical (unpaired) electrons. The number of imidazole rings is 1. The van der Waals surface area contributed by atoms with Gasteiger partial charge in [-0.25, -0.2) is 9.78 Å². The van der Waals surface area contributed by atoms with Crippen molar-refractivity contribution < 1.29 is 19.1 Å². The fourth-order valence-corrected chi connectivity index (χ4v) is 4.31. The number of hydrogen-bond donors (Lipinski definition) is 1. The van der Waals surface area contributed by atoms with E-state index in [9.17, 15) is 9.59 Å². The van der Waals surface area contributed by atoms with Crippen LogP contribution in [0.3, 0.4) is 0 Å². The molecule has 0 bridgehead atoms. The zero-order valence-corrected chi connectivity index (χ0v) is 22.0. The van der Waals surface area contributed by atoms with E-state index < -0.39 is 17.9 Å². The molecule has 0 saturated heterocycles. The van der Waals surface area contributed by atoms with Crippen LogP contribution in [0.15, 0.2) is 103 Å². The maximum Gasteiger partial charge on any atom is 0.328 e. The molecule has 8 heteroatoms. The summed E-state index contributed by atoms with van der Waals surface area (Å²) in [6.07, 6.45) is 3.78. The average molecular weight is 540 g/mol. The van der Waals surface area contributed by atoms with Crippen molar-refractivity contribution in [1.29, 1.82) is 0 Å². The summed E-state index contributed by atoms with van der Waals surface area (Å²) in [5.41, 5.74) is 4.67. The van der Waals surface area contributed by atoms with E-state index in [0.29, 0.717) is 23.0 Å². The number of amides is 1. The third kappa shape index (κ3) is 6.45. The van der Waals surface area contributed by atoms with Crippen molar-refractivity contribution in [2.24, 2.45) is 0 Å². The number of ether oxygens (including phenoxy) is 2. The van der Waals surface area contributed by atoms with E-state index in [0.717, 1.165) is 22.3 Å². The fourth-order valence-electron chi connectivity index (χ4n) is 4.18. The van der Waals surface area contributed by atoms with Crippen LogP contribution in [-0.2, 0) is 22.6 Å². The van der Waals surface area contributed by atoms with Gasteiger partial charge in [-0.1, -0.05) is 66.2 Å². The summed E-state index contributed by atoms with van der Waals surface area (Å²) < 4.78 is 12.6. The first-order valence-electron chi connectivity index (χ1n) is 12.4. The van der Waals surface area contributed by atoms with Crippen molar-refractivity contribution >= 4 is 29.1 Å². The van der Waals surface area contributed by atoms with Crippen LogP contribution in [0.25, 0.3) is 16.8 Å². The lowest BCUT2D eigenvalue weighted by molar-refractivity contribution is -0.142. The highest BCUT2D eigenvalue weighted by molar-refractivity contribution is 6.30. The van der Waals surface area contributed by atoms with Crippen molar-refractivity contribution in [3.8, 4) is 16.9 Å². The van der Waals surface area contributed by atoms with Gasteiger partial charge in [0, 0.05) is 23.8 Å². The molecule has 1 N–H and O–H groups in total. The van der Waals surface area contributed by atoms with Gasteiger partial charge in [0.1, 0.15) is 29.7 Å². The molecule has 196 valence electrons. The Morgan fingerprint density at radius 3 is 2.31 bits per heavy atom. The Morgan fingerprint density at radius 2 is 1.59 bits per heavy atom. The van der Waals surface area contributed by atoms with Crippen LogP contribution in [0.1, 0.15) is 21.6 Å². The molecule has 0 aliphatic rings. The standard InChI is InChI=1S/C31H26ClN3O4/c1-38-31(37)27(17-21-7-14-26(15-8-21)39-20-22-5-3-2-4-6-22)34-30(36)28-19-35-18-24(11-16-29(35)33-28)23-9-12-25(32)13-10-23/h2-16,18-19,27H,17,20H2,1H3,(H,34,36)/t27-/m0/s1. The van der Waals surface area contributed by atoms with Crippen LogP contribution < -0.4 is 10.1 Å². The molecule has 0 fully saturated rings. The first-order chi connectivity index (χ1) is 19.0. The molecule has 1 atom stereocenters. The summed E-state index contributed by atoms with van der Waals surface area (Å²) in [4.78, 5) is 30.0. The molecule has 0 unspecified atom stereocenters. The van der Waals surface area contributed by atoms with E-state index in [1.54, 1.807) is 10.6 Å². The third-order valence-corrected chi connectivity index (χ3v) is 6.52. The second-order valence-electron chi connectivity index (χ2n) is 8.99. The summed E-state index contributed by atoms with van der Waals surface area (Å²) >= 11 is 6.00. The average Bonchev–Trinajstić information content (AvgIpc) is 3.41. The van der Waals surface area contributed by atoms with Crippen molar-refractivity contribution in [2.45, 2.75) is 19.1 Å². The number of methoxy groups -OCH3 is 1. The summed E-state index contributed by atoms with van der Waals surface area (Å²) in [6.45, 7) is 0.460. The van der Waals surface area contributed by atoms with Crippen LogP contribution in [0.4, 0.5) is 0 Å². The number of hydrogen-bond acceptors (Lipinski definition) is 5. The second-order valence-corrected chi connectivity index (χ2v) is 9.42. The lowest BCUT2D eigenvalue weighted by Gasteiger charge is -2.16. The molecule has 1 amide bonds. The molecule has 0 aliphatic heterocycles. The van der Waals surface area contributed by atoms with Crippen LogP contribution in [0, 0.1) is 0 Å². The molecule has 7 nitrogen and oxygen atoms in total. The summed E-state index contributed by atoms with van der Waals surface area (Å²) in [7, 11) is 1.30. The molecule has 5 aromatic rings. The molecule has 2 aromatic heterocycles. The van der Waals surface area contributed by atoms with Crippen molar-refractivity contribution in [3.63, 3.8) is 0 Å². The smallest absolute Gasteiger partial charge is 0.328 e. The molecule has 39 heavy (non-hydrogen) atoms. The maximum absolute atomic E-state index is 13.1. The van der Waals surface area contributed by atoms with E-state index in [1.165, 1.54) is 7.11 Å². The number of nitrogens with zero attached hydrogens (tertiary/aromatic N) is 2. The van der Waals surface area contributed by atoms with Gasteiger partial charge in [0.15, 0.2) is 0 Å². The van der Waals surface area contributed by atoms with Gasteiger partial charge in [-0.2, -0.15) is 0 Å². The van der Waals surface area contributed by atoms with Crippen molar-refractivity contribution in [1.82, 2.24) is 14.7 Å². The van der Waals surface area contributed by atoms with E-state index in [4.69, 9.17) is 21.1 Å². The summed E-state index contributed by atoms with van der Waals surface area (Å²) in [6, 6.07) is 27.7. The first kappa shape index (κ1) is 26.0. The Balaban J connectivity index is 1.26. The number of nitrogens with one attached hydrogen (secondary N) is 1. The molecule has 0 saturated carbocycles. The zero-order chi connectivity index (χ0) is 27.2. The lowest BCUT2D eigenvalue weighted by atomic mass is 10.1. The number of halogens is 1. The number of carbonyl (C=O) groups excluding carboxylic acids is 2. The SMILES string of the molecule is COC(=O)[C@H](Cc1ccc(OCc2ccccc2)cc1)NC(=O)c1cn2cc(-c3ccc(Cl)cc3)ccc2n1. The van der Waals surface area contributed by atoms with Gasteiger partial charge >= 0.3 is 5.97 Å². The predicted octanol–water partition coefficient (Wildman–Crippen LogP) is 5.75. The Bertz CT molecular complexity index is 1580. The minimum Gasteiger partial charge on any atom is -0.489 e. The van der Waals surface area contributed by atoms with Crippen LogP contribution in [-0.4, -0.2) is 34.4 Å². The molecular formula is C31H26ClN3O4. The van der Waals surface area contributed by atoms with Crippen LogP contribution in [0.5, 0.6) is 5.75 Å². The first-order valence-corrected chi connectivity index (χ1v) is 12.8. The van der Waals surface area contributed by atoms with E-state index in [1.807, 2.05) is 97.2 Å². The van der Waals surface area contributed by atoms with Crippen molar-refractivity contribution in [2.75, 3.05) is 7.11 Å². The minimum absolute atomic E-state index is 0.196. The Morgan fingerprint density at radius 1 is 0.872 bits per heavy atom. The van der Waals surface area contributed by atoms with Gasteiger partial charge in [0.25, 0.3) is 5.91 Å². The van der Waals surface area contributed by atoms with E-state index >= 15 is 0 Å². The van der Waals surface area contributed by atoms with Gasteiger partial charge < -0.3 is 19.2 Å². The molecular weight excluding hydrogens is 514 g/mol. The van der Waals surface area contributed by atoms with E-state index in [-0.39, 0.29) is 12.1 Å². The second kappa shape index (κ2) is 11.8. The van der Waals surface area contributed by atoms with Gasteiger partial charge in [-0.15, -0.1) is 0 Å². The molecule has 3 aromatic carbocycles. The highest BCUT2D eigenvalue weighted by Gasteiger charge is 2.24. The number of esters is 1. The zero-order valence-electron chi connectivity index (χ0n) is 21.2. The molecule has 2 heterocycles. The van der Waals surface area contributed by atoms with Crippen molar-refractivity contribution in [3.05, 3.63) is 125 Å². The fraction of sp³-hybridized carbons (Fsp3) is 0.129. The minimum atomic E-state index is -0.881. The highest BCUT2D eigenvalue weighted by Crippen LogP contribution is 2.22. The van der Waals surface area contributed by atoms with Gasteiger partial charge in [0.2, 0.25) is 0 Å². The van der Waals surface area contributed by atoms with Gasteiger partial charge in [-0.3, -0.25) is 4.79 Å². The number of aromatic nitrogens is 2. The van der Waals surface area contributed by atoms with Crippen LogP contribution in [0.2, 0.25) is 5.02 Å². The van der Waals surface area contributed by atoms with Gasteiger partial charge in [-0.05, 0) is 58.7 Å². The molecule has 0 aliphatic carbocycles. The molecule has 0 spiro atoms. The summed E-state index contributed by atoms with van der Waals surface area (Å²) in [5, 5.41) is 3.43. The predicted molar refractivity (Wildman–Crippen MR) is 150 cm³/mol. The highest BCUT2D eigenvalue weighted by atomic mass is 35.5. The summed E-state index contributed by atoms with van der Waals surface area (Å²) in [5.74, 6) is -0.296. The number of fused-ring (bicyclic) bond motifs is 1. The monoisotopic (exact) mass is 539 g/mol. The Labute approximate surface area is 231 Å². The third-order valence-electron chi connectivity index (χ3n) is 6.26. The van der Waals surface area contributed by atoms with E-state index in [2.05, 4.69) is 10.3 Å². The number of rotatable bonds is 9. The maximum atomic E-state index is 13.1. The largest absolute Gasteiger partial charge is 0.489 e. The number of pyridine rings is 1. The lowest BCUT2D eigenvalue weighted by Crippen LogP contribution is -2.43. The normalized spacial score (nSPS) is 11.6. The quantitative estimate of drug-likeness (QED) is 0.241. The number of carbonyl (C=O) groups is 2. The Hall–Kier alpha value is -4.62. The van der Waals surface area contributed by atoms with Crippen LogP contribution >= 0.6 is 11.6 Å². The topological polar surface area (TPSA) is 81.9 Å². The Kier molecular flexibility index (Phi) is 7.89. The number of benzene rings is 3.